The summed E-state index contributed by atoms with van der Waals surface area (Å²) in [6.45, 7) is 4.25. The Hall–Kier alpha value is -0.890. The predicted octanol–water partition coefficient (Wildman–Crippen LogP) is 5.21. The molecule has 3 saturated carbocycles. The number of carbonyl (C=O) groups excluding carboxylic acids is 2. The van der Waals surface area contributed by atoms with Gasteiger partial charge in [0.15, 0.2) is 5.78 Å². The van der Waals surface area contributed by atoms with Crippen molar-refractivity contribution in [2.45, 2.75) is 65.2 Å². The topological polar surface area (TPSA) is 34.1 Å². The summed E-state index contributed by atoms with van der Waals surface area (Å²) in [5.74, 6) is 2.19. The minimum absolute atomic E-state index is 0.0864. The zero-order valence-corrected chi connectivity index (χ0v) is 16.0. The zero-order valence-electron chi connectivity index (χ0n) is 15.2. The van der Waals surface area contributed by atoms with Crippen molar-refractivity contribution in [1.29, 1.82) is 0 Å². The van der Waals surface area contributed by atoms with Crippen molar-refractivity contribution in [2.75, 3.05) is 0 Å². The van der Waals surface area contributed by atoms with Crippen molar-refractivity contribution in [3.05, 3.63) is 22.8 Å². The third kappa shape index (κ3) is 1.69. The van der Waals surface area contributed by atoms with E-state index in [2.05, 4.69) is 13.0 Å². The van der Waals surface area contributed by atoms with Gasteiger partial charge in [-0.2, -0.15) is 0 Å². The fourth-order valence-corrected chi connectivity index (χ4v) is 8.49. The van der Waals surface area contributed by atoms with Gasteiger partial charge in [-0.3, -0.25) is 9.59 Å². The lowest BCUT2D eigenvalue weighted by molar-refractivity contribution is -0.136. The molecule has 25 heavy (non-hydrogen) atoms. The molecule has 134 valence electrons. The van der Waals surface area contributed by atoms with Gasteiger partial charge in [0.05, 0.1) is 0 Å². The fourth-order valence-electron chi connectivity index (χ4n) is 8.16. The van der Waals surface area contributed by atoms with E-state index in [1.54, 1.807) is 0 Å². The monoisotopic (exact) mass is 358 g/mol. The number of rotatable bonds is 1. The Morgan fingerprint density at radius 1 is 1.16 bits per heavy atom. The molecule has 5 aliphatic carbocycles. The number of ketones is 2. The molecule has 0 heterocycles. The molecule has 0 aromatic rings. The van der Waals surface area contributed by atoms with Crippen LogP contribution in [0.1, 0.15) is 65.2 Å². The van der Waals surface area contributed by atoms with Crippen molar-refractivity contribution in [3.8, 4) is 0 Å². The zero-order chi connectivity index (χ0) is 17.6. The van der Waals surface area contributed by atoms with E-state index in [4.69, 9.17) is 11.6 Å². The number of allylic oxidation sites excluding steroid dienone is 4. The summed E-state index contributed by atoms with van der Waals surface area (Å²) in [5.41, 5.74) is 1.39. The van der Waals surface area contributed by atoms with Crippen LogP contribution in [0.3, 0.4) is 0 Å². The van der Waals surface area contributed by atoms with Gasteiger partial charge >= 0.3 is 0 Å². The average molecular weight is 359 g/mol. The van der Waals surface area contributed by atoms with Gasteiger partial charge in [0, 0.05) is 16.9 Å². The first-order valence-corrected chi connectivity index (χ1v) is 10.4. The molecule has 3 fully saturated rings. The van der Waals surface area contributed by atoms with Crippen LogP contribution in [-0.4, -0.2) is 11.6 Å². The molecular formula is C22H27ClO2. The SMILES string of the molecule is CC(=O)C12CCC3(CC1)[C@@H]1C=C(Cl)C4=CC(=O)CC[C@@H]4[C@H]1CC[C@]23C. The van der Waals surface area contributed by atoms with Gasteiger partial charge in [0.1, 0.15) is 5.78 Å². The second-order valence-corrected chi connectivity index (χ2v) is 9.99. The second kappa shape index (κ2) is 4.88. The molecule has 0 aromatic heterocycles. The van der Waals surface area contributed by atoms with Crippen LogP contribution in [0.4, 0.5) is 0 Å². The van der Waals surface area contributed by atoms with Gasteiger partial charge in [-0.1, -0.05) is 24.6 Å². The van der Waals surface area contributed by atoms with Gasteiger partial charge in [0.25, 0.3) is 0 Å². The van der Waals surface area contributed by atoms with E-state index in [0.717, 1.165) is 36.3 Å². The van der Waals surface area contributed by atoms with Crippen molar-refractivity contribution >= 4 is 23.2 Å². The number of hydrogen-bond donors (Lipinski definition) is 0. The number of fused-ring (bicyclic) bond motifs is 3. The fraction of sp³-hybridized carbons (Fsp3) is 0.727. The summed E-state index contributed by atoms with van der Waals surface area (Å²) in [7, 11) is 0. The highest BCUT2D eigenvalue weighted by Crippen LogP contribution is 2.80. The van der Waals surface area contributed by atoms with Crippen LogP contribution in [0, 0.1) is 34.0 Å². The van der Waals surface area contributed by atoms with Crippen molar-refractivity contribution in [2.24, 2.45) is 34.0 Å². The Morgan fingerprint density at radius 3 is 2.56 bits per heavy atom. The molecule has 2 bridgehead atoms. The van der Waals surface area contributed by atoms with Crippen LogP contribution in [0.2, 0.25) is 0 Å². The quantitative estimate of drug-likeness (QED) is 0.644. The molecule has 0 saturated heterocycles. The molecule has 0 aliphatic heterocycles. The molecule has 5 rings (SSSR count). The van der Waals surface area contributed by atoms with Crippen LogP contribution in [0.15, 0.2) is 22.8 Å². The maximum Gasteiger partial charge on any atom is 0.156 e. The molecule has 0 spiro atoms. The largest absolute Gasteiger partial charge is 0.299 e. The molecule has 5 aliphatic rings. The van der Waals surface area contributed by atoms with Gasteiger partial charge in [0.2, 0.25) is 0 Å². The summed E-state index contributed by atoms with van der Waals surface area (Å²) >= 11 is 6.71. The number of hydrogen-bond acceptors (Lipinski definition) is 2. The summed E-state index contributed by atoms with van der Waals surface area (Å²) in [6.07, 6.45) is 12.6. The van der Waals surface area contributed by atoms with Crippen LogP contribution in [-0.2, 0) is 9.59 Å². The lowest BCUT2D eigenvalue weighted by Crippen LogP contribution is -2.53. The van der Waals surface area contributed by atoms with E-state index in [1.807, 2.05) is 13.0 Å². The molecule has 2 nitrogen and oxygen atoms in total. The van der Waals surface area contributed by atoms with Gasteiger partial charge in [-0.25, -0.2) is 0 Å². The Morgan fingerprint density at radius 2 is 1.88 bits per heavy atom. The highest BCUT2D eigenvalue weighted by molar-refractivity contribution is 6.32. The van der Waals surface area contributed by atoms with Crippen LogP contribution >= 0.6 is 11.6 Å². The third-order valence-electron chi connectivity index (χ3n) is 9.44. The Balaban J connectivity index is 1.64. The van der Waals surface area contributed by atoms with E-state index in [0.29, 0.717) is 30.0 Å². The Bertz CT molecular complexity index is 737. The van der Waals surface area contributed by atoms with Crippen molar-refractivity contribution in [1.82, 2.24) is 0 Å². The van der Waals surface area contributed by atoms with E-state index >= 15 is 0 Å². The van der Waals surface area contributed by atoms with E-state index in [1.165, 1.54) is 19.3 Å². The van der Waals surface area contributed by atoms with Crippen molar-refractivity contribution in [3.63, 3.8) is 0 Å². The van der Waals surface area contributed by atoms with E-state index in [9.17, 15) is 9.59 Å². The minimum atomic E-state index is -0.0864. The number of Topliss-reactive ketones (excluding diaryl/α,β-unsaturated/α-hetero) is 1. The predicted molar refractivity (Wildman–Crippen MR) is 98.1 cm³/mol. The molecule has 4 atom stereocenters. The summed E-state index contributed by atoms with van der Waals surface area (Å²) < 4.78 is 0. The van der Waals surface area contributed by atoms with Gasteiger partial charge in [-0.15, -0.1) is 0 Å². The van der Waals surface area contributed by atoms with Gasteiger partial charge in [-0.05, 0) is 92.1 Å². The first-order chi connectivity index (χ1) is 11.8. The lowest BCUT2D eigenvalue weighted by atomic mass is 9.46. The molecule has 0 aromatic carbocycles. The third-order valence-corrected chi connectivity index (χ3v) is 9.78. The van der Waals surface area contributed by atoms with Crippen LogP contribution in [0.25, 0.3) is 0 Å². The number of halogens is 1. The normalized spacial score (nSPS) is 50.5. The maximum atomic E-state index is 12.7. The summed E-state index contributed by atoms with van der Waals surface area (Å²) in [4.78, 5) is 24.6. The smallest absolute Gasteiger partial charge is 0.156 e. The first kappa shape index (κ1) is 16.3. The standard InChI is InChI=1S/C22H27ClO2/c1-13(24)21-7-9-22(10-8-21)18-12-19(23)17-11-14(25)3-4-15(17)16(18)5-6-20(21,22)2/h11-12,15-16,18H,3-10H2,1-2H3/t15-,16-,18-,20-,21?,22?/m1/s1. The second-order valence-electron chi connectivity index (χ2n) is 9.58. The van der Waals surface area contributed by atoms with Crippen molar-refractivity contribution < 1.29 is 9.59 Å². The number of carbonyl (C=O) groups is 2. The molecule has 0 amide bonds. The maximum absolute atomic E-state index is 12.7. The summed E-state index contributed by atoms with van der Waals surface area (Å²) in [5, 5.41) is 0.824. The highest BCUT2D eigenvalue weighted by atomic mass is 35.5. The Labute approximate surface area is 155 Å². The van der Waals surface area contributed by atoms with E-state index in [-0.39, 0.29) is 22.0 Å². The minimum Gasteiger partial charge on any atom is -0.299 e. The molecule has 0 radical (unpaired) electrons. The van der Waals surface area contributed by atoms with Crippen LogP contribution < -0.4 is 0 Å². The highest BCUT2D eigenvalue weighted by Gasteiger charge is 2.75. The van der Waals surface area contributed by atoms with E-state index < -0.39 is 0 Å². The van der Waals surface area contributed by atoms with Gasteiger partial charge < -0.3 is 0 Å². The summed E-state index contributed by atoms with van der Waals surface area (Å²) in [6, 6.07) is 0. The Kier molecular flexibility index (Phi) is 3.18. The molecular weight excluding hydrogens is 332 g/mol. The first-order valence-electron chi connectivity index (χ1n) is 9.98. The average Bonchev–Trinajstić information content (AvgIpc) is 3.01. The molecule has 0 N–H and O–H groups in total. The van der Waals surface area contributed by atoms with Crippen LogP contribution in [0.5, 0.6) is 0 Å². The molecule has 0 unspecified atom stereocenters. The molecule has 3 heteroatoms. The lowest BCUT2D eigenvalue weighted by Gasteiger charge is -2.58.